The van der Waals surface area contributed by atoms with E-state index in [4.69, 9.17) is 21.1 Å². The van der Waals surface area contributed by atoms with E-state index in [-0.39, 0.29) is 11.7 Å². The topological polar surface area (TPSA) is 106 Å². The Balaban J connectivity index is 1.37. The highest BCUT2D eigenvalue weighted by Gasteiger charge is 2.13. The van der Waals surface area contributed by atoms with Gasteiger partial charge in [0.05, 0.1) is 18.9 Å². The Hall–Kier alpha value is -4.95. The van der Waals surface area contributed by atoms with Crippen molar-refractivity contribution in [3.63, 3.8) is 0 Å². The highest BCUT2D eigenvalue weighted by Crippen LogP contribution is 2.28. The number of ether oxygens (including phenoxy) is 2. The maximum Gasteiger partial charge on any atom is 0.343 e. The molecule has 39 heavy (non-hydrogen) atoms. The Morgan fingerprint density at radius 3 is 2.23 bits per heavy atom. The van der Waals surface area contributed by atoms with Crippen molar-refractivity contribution in [3.8, 4) is 11.5 Å². The van der Waals surface area contributed by atoms with Gasteiger partial charge < -0.3 is 14.8 Å². The molecule has 196 valence electrons. The number of nitrogens with one attached hydrogen (secondary N) is 2. The summed E-state index contributed by atoms with van der Waals surface area (Å²) in [5.74, 6) is -0.760. The zero-order valence-electron chi connectivity index (χ0n) is 21.1. The fourth-order valence-corrected chi connectivity index (χ4v) is 3.60. The zero-order chi connectivity index (χ0) is 27.8. The van der Waals surface area contributed by atoms with Gasteiger partial charge in [-0.15, -0.1) is 0 Å². The van der Waals surface area contributed by atoms with Crippen LogP contribution in [0.4, 0.5) is 5.69 Å². The summed E-state index contributed by atoms with van der Waals surface area (Å²) in [4.78, 5) is 37.5. The molecule has 4 aromatic rings. The smallest absolute Gasteiger partial charge is 0.343 e. The number of methoxy groups -OCH3 is 1. The van der Waals surface area contributed by atoms with Crippen molar-refractivity contribution in [2.45, 2.75) is 6.92 Å². The number of carbonyl (C=O) groups is 3. The van der Waals surface area contributed by atoms with Crippen LogP contribution in [0.15, 0.2) is 96.1 Å². The number of rotatable bonds is 8. The third kappa shape index (κ3) is 7.30. The number of amides is 2. The van der Waals surface area contributed by atoms with E-state index < -0.39 is 11.9 Å². The molecule has 0 radical (unpaired) electrons. The quantitative estimate of drug-likeness (QED) is 0.125. The SMILES string of the molecule is COc1cc(C=NNC(=O)c2cccc(NC(=O)c3ccc(C)cc3)c2)ccc1OC(=O)c1ccc(Cl)cc1. The summed E-state index contributed by atoms with van der Waals surface area (Å²) in [6.45, 7) is 1.94. The number of hydrogen-bond donors (Lipinski definition) is 2. The lowest BCUT2D eigenvalue weighted by Crippen LogP contribution is -2.18. The van der Waals surface area contributed by atoms with E-state index in [9.17, 15) is 14.4 Å². The fraction of sp³-hybridized carbons (Fsp3) is 0.0667. The van der Waals surface area contributed by atoms with Crippen LogP contribution in [-0.4, -0.2) is 31.1 Å². The largest absolute Gasteiger partial charge is 0.493 e. The van der Waals surface area contributed by atoms with E-state index >= 15 is 0 Å². The van der Waals surface area contributed by atoms with E-state index in [1.54, 1.807) is 78.9 Å². The molecule has 0 bridgehead atoms. The number of hydrazone groups is 1. The van der Waals surface area contributed by atoms with Crippen molar-refractivity contribution in [3.05, 3.63) is 124 Å². The predicted octanol–water partition coefficient (Wildman–Crippen LogP) is 5.89. The standard InChI is InChI=1S/C30H24ClN3O5/c1-19-6-9-21(10-7-19)28(35)33-25-5-3-4-23(17-25)29(36)34-32-18-20-8-15-26(27(16-20)38-2)39-30(37)22-11-13-24(31)14-12-22/h3-18H,1-2H3,(H,33,35)(H,34,36). The molecule has 0 fully saturated rings. The first-order valence-corrected chi connectivity index (χ1v) is 12.2. The van der Waals surface area contributed by atoms with Gasteiger partial charge in [0.15, 0.2) is 11.5 Å². The first kappa shape index (κ1) is 27.1. The van der Waals surface area contributed by atoms with Gasteiger partial charge in [0.25, 0.3) is 11.8 Å². The van der Waals surface area contributed by atoms with E-state index in [1.165, 1.54) is 13.3 Å². The minimum atomic E-state index is -0.559. The van der Waals surface area contributed by atoms with Crippen molar-refractivity contribution in [1.29, 1.82) is 0 Å². The fourth-order valence-electron chi connectivity index (χ4n) is 3.47. The van der Waals surface area contributed by atoms with E-state index in [0.29, 0.717) is 38.7 Å². The zero-order valence-corrected chi connectivity index (χ0v) is 21.9. The molecule has 0 spiro atoms. The van der Waals surface area contributed by atoms with E-state index in [0.717, 1.165) is 5.56 Å². The minimum absolute atomic E-state index is 0.225. The third-order valence-corrected chi connectivity index (χ3v) is 5.80. The highest BCUT2D eigenvalue weighted by atomic mass is 35.5. The summed E-state index contributed by atoms with van der Waals surface area (Å²) in [6.07, 6.45) is 1.42. The summed E-state index contributed by atoms with van der Waals surface area (Å²) >= 11 is 5.86. The predicted molar refractivity (Wildman–Crippen MR) is 150 cm³/mol. The second kappa shape index (κ2) is 12.5. The Labute approximate surface area is 230 Å². The number of esters is 1. The summed E-state index contributed by atoms with van der Waals surface area (Å²) in [5.41, 5.74) is 5.75. The maximum absolute atomic E-state index is 12.6. The lowest BCUT2D eigenvalue weighted by Gasteiger charge is -2.10. The molecule has 2 N–H and O–H groups in total. The molecule has 0 saturated carbocycles. The molecule has 0 aromatic heterocycles. The molecule has 2 amide bonds. The van der Waals surface area contributed by atoms with Crippen LogP contribution in [0.25, 0.3) is 0 Å². The van der Waals surface area contributed by atoms with Gasteiger partial charge in [-0.1, -0.05) is 35.4 Å². The Kier molecular flexibility index (Phi) is 8.71. The molecule has 0 aliphatic rings. The van der Waals surface area contributed by atoms with Gasteiger partial charge in [0, 0.05) is 21.8 Å². The number of nitrogens with zero attached hydrogens (tertiary/aromatic N) is 1. The molecule has 4 aromatic carbocycles. The Morgan fingerprint density at radius 2 is 1.51 bits per heavy atom. The molecule has 0 aliphatic heterocycles. The number of halogens is 1. The number of anilines is 1. The molecule has 4 rings (SSSR count). The van der Waals surface area contributed by atoms with Gasteiger partial charge in [0.1, 0.15) is 0 Å². The van der Waals surface area contributed by atoms with Crippen LogP contribution in [0.1, 0.15) is 42.2 Å². The molecular formula is C30H24ClN3O5. The van der Waals surface area contributed by atoms with Crippen LogP contribution in [0.5, 0.6) is 11.5 Å². The average molecular weight is 542 g/mol. The van der Waals surface area contributed by atoms with Gasteiger partial charge >= 0.3 is 5.97 Å². The van der Waals surface area contributed by atoms with Gasteiger partial charge in [0.2, 0.25) is 0 Å². The molecule has 0 saturated heterocycles. The lowest BCUT2D eigenvalue weighted by atomic mass is 10.1. The average Bonchev–Trinajstić information content (AvgIpc) is 2.94. The molecule has 0 heterocycles. The van der Waals surface area contributed by atoms with Crippen LogP contribution in [0, 0.1) is 6.92 Å². The van der Waals surface area contributed by atoms with Crippen LogP contribution in [0.3, 0.4) is 0 Å². The summed E-state index contributed by atoms with van der Waals surface area (Å²) in [5, 5.41) is 7.30. The summed E-state index contributed by atoms with van der Waals surface area (Å²) < 4.78 is 10.8. The van der Waals surface area contributed by atoms with E-state index in [2.05, 4.69) is 15.8 Å². The van der Waals surface area contributed by atoms with Crippen molar-refractivity contribution < 1.29 is 23.9 Å². The second-order valence-corrected chi connectivity index (χ2v) is 8.84. The lowest BCUT2D eigenvalue weighted by molar-refractivity contribution is 0.0729. The van der Waals surface area contributed by atoms with Gasteiger partial charge in [-0.2, -0.15) is 5.10 Å². The number of hydrogen-bond acceptors (Lipinski definition) is 6. The van der Waals surface area contributed by atoms with E-state index in [1.807, 2.05) is 19.1 Å². The van der Waals surface area contributed by atoms with Crippen molar-refractivity contribution in [1.82, 2.24) is 5.43 Å². The van der Waals surface area contributed by atoms with Crippen molar-refractivity contribution >= 4 is 41.3 Å². The second-order valence-electron chi connectivity index (χ2n) is 8.41. The minimum Gasteiger partial charge on any atom is -0.493 e. The third-order valence-electron chi connectivity index (χ3n) is 5.55. The van der Waals surface area contributed by atoms with Crippen LogP contribution in [0.2, 0.25) is 5.02 Å². The van der Waals surface area contributed by atoms with Crippen LogP contribution in [-0.2, 0) is 0 Å². The molecule has 0 unspecified atom stereocenters. The monoisotopic (exact) mass is 541 g/mol. The van der Waals surface area contributed by atoms with Gasteiger partial charge in [-0.25, -0.2) is 10.2 Å². The van der Waals surface area contributed by atoms with Gasteiger partial charge in [-0.3, -0.25) is 9.59 Å². The number of carbonyl (C=O) groups excluding carboxylic acids is 3. The molecule has 0 atom stereocenters. The first-order chi connectivity index (χ1) is 18.8. The summed E-state index contributed by atoms with van der Waals surface area (Å²) in [6, 6.07) is 24.9. The van der Waals surface area contributed by atoms with Crippen LogP contribution < -0.4 is 20.2 Å². The van der Waals surface area contributed by atoms with Crippen molar-refractivity contribution in [2.75, 3.05) is 12.4 Å². The molecule has 0 aliphatic carbocycles. The molecular weight excluding hydrogens is 518 g/mol. The molecule has 9 heteroatoms. The Morgan fingerprint density at radius 1 is 0.795 bits per heavy atom. The summed E-state index contributed by atoms with van der Waals surface area (Å²) in [7, 11) is 1.45. The normalized spacial score (nSPS) is 10.6. The number of benzene rings is 4. The molecule has 8 nitrogen and oxygen atoms in total. The van der Waals surface area contributed by atoms with Crippen LogP contribution >= 0.6 is 11.6 Å². The maximum atomic E-state index is 12.6. The highest BCUT2D eigenvalue weighted by molar-refractivity contribution is 6.30. The van der Waals surface area contributed by atoms with Crippen molar-refractivity contribution in [2.24, 2.45) is 5.10 Å². The Bertz CT molecular complexity index is 1530. The number of aryl methyl sites for hydroxylation is 1. The first-order valence-electron chi connectivity index (χ1n) is 11.8. The van der Waals surface area contributed by atoms with Gasteiger partial charge in [-0.05, 0) is 85.3 Å².